The van der Waals surface area contributed by atoms with Gasteiger partial charge in [0, 0.05) is 6.42 Å². The number of rotatable bonds is 63. The molecule has 0 aromatic rings. The molecular weight excluding hydrogens is 1250 g/mol. The molecule has 2 saturated heterocycles. The number of carbonyl (C=O) groups is 1. The van der Waals surface area contributed by atoms with Gasteiger partial charge < -0.3 is 65.1 Å². The molecule has 14 heteroatoms. The molecule has 14 nitrogen and oxygen atoms in total. The Morgan fingerprint density at radius 2 is 0.700 bits per heavy atom. The first-order valence-electron chi connectivity index (χ1n) is 39.4. The van der Waals surface area contributed by atoms with Gasteiger partial charge in [-0.1, -0.05) is 306 Å². The van der Waals surface area contributed by atoms with E-state index < -0.39 is 86.8 Å². The van der Waals surface area contributed by atoms with Crippen LogP contribution in [0.15, 0.2) is 170 Å². The maximum absolute atomic E-state index is 13.4. The molecule has 9 N–H and O–H groups in total. The van der Waals surface area contributed by atoms with Crippen molar-refractivity contribution >= 4 is 5.91 Å². The summed E-state index contributed by atoms with van der Waals surface area (Å²) in [5.41, 5.74) is 0. The van der Waals surface area contributed by atoms with Gasteiger partial charge in [-0.05, 0) is 128 Å². The van der Waals surface area contributed by atoms with Gasteiger partial charge in [-0.3, -0.25) is 4.79 Å². The van der Waals surface area contributed by atoms with Crippen LogP contribution >= 0.6 is 0 Å². The third-order valence-electron chi connectivity index (χ3n) is 17.9. The Bertz CT molecular complexity index is 2340. The summed E-state index contributed by atoms with van der Waals surface area (Å²) in [6, 6.07) is -0.972. The predicted molar refractivity (Wildman–Crippen MR) is 414 cm³/mol. The number of aliphatic hydroxyl groups is 8. The van der Waals surface area contributed by atoms with E-state index in [9.17, 15) is 45.6 Å². The maximum atomic E-state index is 13.4. The number of aliphatic hydroxyl groups excluding tert-OH is 8. The SMILES string of the molecule is CC/C=C\C/C=C\C/C=C\C/C=C\C/C=C\C/C=C\C/C=C\C/C=C\C/C=C\C/C=C\C/C=C\CCCCCC(=O)NC(COC1OC(CO)C(OC2OC(CO)C(O)C(O)C2O)C(O)C1O)C(O)/C=C/CC/C=C/CC/C=C/CCCCCCCCCCCCCCCCCCCCC. The van der Waals surface area contributed by atoms with Crippen molar-refractivity contribution in [1.29, 1.82) is 0 Å². The zero-order valence-corrected chi connectivity index (χ0v) is 62.1. The van der Waals surface area contributed by atoms with E-state index >= 15 is 0 Å². The lowest BCUT2D eigenvalue weighted by atomic mass is 9.97. The van der Waals surface area contributed by atoms with Crippen LogP contribution in [-0.4, -0.2) is 140 Å². The number of hydrogen-bond donors (Lipinski definition) is 9. The van der Waals surface area contributed by atoms with Crippen molar-refractivity contribution in [2.45, 2.75) is 344 Å². The molecule has 2 aliphatic rings. The van der Waals surface area contributed by atoms with Crippen LogP contribution < -0.4 is 5.32 Å². The van der Waals surface area contributed by atoms with Gasteiger partial charge in [0.05, 0.1) is 32.0 Å². The summed E-state index contributed by atoms with van der Waals surface area (Å²) in [4.78, 5) is 13.4. The smallest absolute Gasteiger partial charge is 0.220 e. The summed E-state index contributed by atoms with van der Waals surface area (Å²) in [5.74, 6) is -0.290. The average molecular weight is 1400 g/mol. The van der Waals surface area contributed by atoms with Crippen LogP contribution in [-0.2, 0) is 23.7 Å². The standard InChI is InChI=1S/C86H141NO13/c1-3-5-7-9-11-13-15-17-19-21-23-25-27-29-31-33-34-35-36-37-38-39-40-42-44-46-48-50-52-54-56-58-60-62-64-66-68-70-78(91)87-74(73-97-85-83(96)81(94)84(77(72-89)99-85)100-86-82(95)80(93)79(92)76(71-88)98-86)75(90)69-67-65-63-61-59-57-55-53-51-49-47-45-43-41-32-30-28-26-24-22-20-18-16-14-12-10-8-6-4-2/h5,7,11,13,17,19,23,25,29,31,34-35,37-38,40,42,46,48,51-54,58-61,67,69,74-77,79-86,88-90,92-96H,3-4,6,8-10,12,14-16,18,20-22,24,26-28,30,32-33,36,39,41,43-45,47,49-50,55-57,62-66,68,70-73H2,1-2H3,(H,87,91)/b7-5-,13-11-,19-17-,25-23-,31-29-,35-34-,38-37-,42-40-,48-46-,53-51+,54-52-,60-58-,61-59+,69-67+. The monoisotopic (exact) mass is 1400 g/mol. The zero-order valence-electron chi connectivity index (χ0n) is 62.1. The molecule has 0 bridgehead atoms. The second-order valence-electron chi connectivity index (χ2n) is 26.7. The first-order chi connectivity index (χ1) is 49.1. The number of unbranched alkanes of at least 4 members (excludes halogenated alkanes) is 24. The van der Waals surface area contributed by atoms with E-state index in [4.69, 9.17) is 18.9 Å². The highest BCUT2D eigenvalue weighted by molar-refractivity contribution is 5.76. The summed E-state index contributed by atoms with van der Waals surface area (Å²) in [7, 11) is 0. The van der Waals surface area contributed by atoms with Gasteiger partial charge in [0.2, 0.25) is 5.91 Å². The Labute approximate surface area is 607 Å². The third kappa shape index (κ3) is 49.9. The fourth-order valence-corrected chi connectivity index (χ4v) is 11.7. The molecule has 0 aromatic carbocycles. The van der Waals surface area contributed by atoms with Crippen molar-refractivity contribution in [2.24, 2.45) is 0 Å². The molecule has 12 unspecified atom stereocenters. The largest absolute Gasteiger partial charge is 0.394 e. The highest BCUT2D eigenvalue weighted by Crippen LogP contribution is 2.30. The second-order valence-corrected chi connectivity index (χ2v) is 26.7. The van der Waals surface area contributed by atoms with Crippen LogP contribution in [0.4, 0.5) is 0 Å². The van der Waals surface area contributed by atoms with Gasteiger partial charge in [0.25, 0.3) is 0 Å². The topological polar surface area (TPSA) is 228 Å². The second kappa shape index (κ2) is 67.5. The number of nitrogens with one attached hydrogen (secondary N) is 1. The first-order valence-corrected chi connectivity index (χ1v) is 39.4. The maximum Gasteiger partial charge on any atom is 0.220 e. The Morgan fingerprint density at radius 3 is 1.10 bits per heavy atom. The summed E-state index contributed by atoms with van der Waals surface area (Å²) in [5, 5.41) is 87.6. The van der Waals surface area contributed by atoms with Gasteiger partial charge in [-0.25, -0.2) is 0 Å². The quantitative estimate of drug-likeness (QED) is 0.0204. The van der Waals surface area contributed by atoms with Gasteiger partial charge in [-0.2, -0.15) is 0 Å². The Morgan fingerprint density at radius 1 is 0.370 bits per heavy atom. The predicted octanol–water partition coefficient (Wildman–Crippen LogP) is 17.9. The lowest BCUT2D eigenvalue weighted by molar-refractivity contribution is -0.359. The lowest BCUT2D eigenvalue weighted by Crippen LogP contribution is -2.65. The molecule has 0 aliphatic carbocycles. The summed E-state index contributed by atoms with van der Waals surface area (Å²) in [6.07, 6.45) is 88.5. The molecule has 0 spiro atoms. The van der Waals surface area contributed by atoms with Crippen molar-refractivity contribution in [3.05, 3.63) is 170 Å². The van der Waals surface area contributed by atoms with E-state index in [0.29, 0.717) is 12.8 Å². The number of ether oxygens (including phenoxy) is 4. The highest BCUT2D eigenvalue weighted by atomic mass is 16.7. The minimum Gasteiger partial charge on any atom is -0.394 e. The van der Waals surface area contributed by atoms with Gasteiger partial charge in [0.15, 0.2) is 12.6 Å². The summed E-state index contributed by atoms with van der Waals surface area (Å²) < 4.78 is 22.8. The van der Waals surface area contributed by atoms with E-state index in [0.717, 1.165) is 116 Å². The van der Waals surface area contributed by atoms with Crippen molar-refractivity contribution in [1.82, 2.24) is 5.32 Å². The molecule has 0 aromatic heterocycles. The van der Waals surface area contributed by atoms with Gasteiger partial charge in [0.1, 0.15) is 48.8 Å². The van der Waals surface area contributed by atoms with Crippen LogP contribution in [0.5, 0.6) is 0 Å². The minimum absolute atomic E-state index is 0.218. The third-order valence-corrected chi connectivity index (χ3v) is 17.9. The minimum atomic E-state index is -1.81. The number of carbonyl (C=O) groups excluding carboxylic acids is 1. The summed E-state index contributed by atoms with van der Waals surface area (Å²) in [6.45, 7) is 2.65. The molecule has 12 atom stereocenters. The van der Waals surface area contributed by atoms with Crippen molar-refractivity contribution in [2.75, 3.05) is 19.8 Å². The van der Waals surface area contributed by atoms with Gasteiger partial charge >= 0.3 is 0 Å². The molecular formula is C86H141NO13. The van der Waals surface area contributed by atoms with Crippen LogP contribution in [0.1, 0.15) is 271 Å². The molecule has 100 heavy (non-hydrogen) atoms. The first kappa shape index (κ1) is 91.4. The van der Waals surface area contributed by atoms with Crippen LogP contribution in [0.2, 0.25) is 0 Å². The van der Waals surface area contributed by atoms with Crippen LogP contribution in [0.25, 0.3) is 0 Å². The zero-order chi connectivity index (χ0) is 72.2. The lowest BCUT2D eigenvalue weighted by Gasteiger charge is -2.46. The van der Waals surface area contributed by atoms with E-state index in [1.807, 2.05) is 6.08 Å². The summed E-state index contributed by atoms with van der Waals surface area (Å²) >= 11 is 0. The van der Waals surface area contributed by atoms with E-state index in [1.165, 1.54) is 122 Å². The van der Waals surface area contributed by atoms with E-state index in [1.54, 1.807) is 6.08 Å². The van der Waals surface area contributed by atoms with Crippen molar-refractivity contribution < 1.29 is 64.6 Å². The Hall–Kier alpha value is -4.65. The molecule has 2 rings (SSSR count). The Kier molecular flexibility index (Phi) is 61.7. The van der Waals surface area contributed by atoms with Crippen molar-refractivity contribution in [3.63, 3.8) is 0 Å². The average Bonchev–Trinajstić information content (AvgIpc) is 0.791. The molecule has 1 amide bonds. The Balaban J connectivity index is 1.70. The molecule has 0 radical (unpaired) electrons. The molecule has 568 valence electrons. The number of allylic oxidation sites excluding steroid dienone is 27. The molecule has 0 saturated carbocycles. The fraction of sp³-hybridized carbons (Fsp3) is 0.663. The molecule has 2 fully saturated rings. The van der Waals surface area contributed by atoms with E-state index in [2.05, 4.69) is 177 Å². The fourth-order valence-electron chi connectivity index (χ4n) is 11.7. The van der Waals surface area contributed by atoms with Crippen LogP contribution in [0.3, 0.4) is 0 Å². The molecule has 2 aliphatic heterocycles. The number of hydrogen-bond acceptors (Lipinski definition) is 13. The normalized spacial score (nSPS) is 22.8. The van der Waals surface area contributed by atoms with Gasteiger partial charge in [-0.15, -0.1) is 0 Å². The molecule has 2 heterocycles. The number of amides is 1. The van der Waals surface area contributed by atoms with Crippen molar-refractivity contribution in [3.8, 4) is 0 Å². The van der Waals surface area contributed by atoms with Crippen LogP contribution in [0, 0.1) is 0 Å². The van der Waals surface area contributed by atoms with E-state index in [-0.39, 0.29) is 18.9 Å². The highest BCUT2D eigenvalue weighted by Gasteiger charge is 2.51.